The smallest absolute Gasteiger partial charge is 0.314 e. The molecule has 4 rings (SSSR count). The molecule has 36 heavy (non-hydrogen) atoms. The van der Waals surface area contributed by atoms with Crippen molar-refractivity contribution >= 4 is 5.97 Å². The highest BCUT2D eigenvalue weighted by Crippen LogP contribution is 2.50. The van der Waals surface area contributed by atoms with Gasteiger partial charge in [-0.15, -0.1) is 0 Å². The lowest BCUT2D eigenvalue weighted by Crippen LogP contribution is -2.40. The third-order valence-corrected chi connectivity index (χ3v) is 9.65. The van der Waals surface area contributed by atoms with Gasteiger partial charge in [0.2, 0.25) is 0 Å². The highest BCUT2D eigenvalue weighted by atomic mass is 19.1. The SMILES string of the molecule is C/C=C/CCc1c(F)cc(OC(=O)C2CCCC3CC(C4CCC(CCCC)CC4)CCC32)cc1F. The molecule has 0 heterocycles. The Kier molecular flexibility index (Phi) is 10.0. The predicted molar refractivity (Wildman–Crippen MR) is 142 cm³/mol. The van der Waals surface area contributed by atoms with Crippen LogP contribution in [0.25, 0.3) is 0 Å². The molecule has 3 fully saturated rings. The van der Waals surface area contributed by atoms with E-state index in [2.05, 4.69) is 6.92 Å². The van der Waals surface area contributed by atoms with Crippen LogP contribution < -0.4 is 4.74 Å². The molecule has 4 heteroatoms. The van der Waals surface area contributed by atoms with Crippen molar-refractivity contribution in [1.82, 2.24) is 0 Å². The number of fused-ring (bicyclic) bond motifs is 1. The van der Waals surface area contributed by atoms with Gasteiger partial charge in [0.15, 0.2) is 0 Å². The molecular formula is C32H46F2O2. The summed E-state index contributed by atoms with van der Waals surface area (Å²) < 4.78 is 34.7. The largest absolute Gasteiger partial charge is 0.426 e. The maximum absolute atomic E-state index is 14.5. The number of hydrogen-bond donors (Lipinski definition) is 0. The molecule has 4 unspecified atom stereocenters. The van der Waals surface area contributed by atoms with E-state index in [0.29, 0.717) is 24.7 Å². The van der Waals surface area contributed by atoms with Crippen molar-refractivity contribution in [1.29, 1.82) is 0 Å². The first kappa shape index (κ1) is 27.3. The number of unbranched alkanes of at least 4 members (excludes halogenated alkanes) is 1. The van der Waals surface area contributed by atoms with E-state index in [9.17, 15) is 13.6 Å². The fourth-order valence-electron chi connectivity index (χ4n) is 7.63. The van der Waals surface area contributed by atoms with E-state index in [1.54, 1.807) is 0 Å². The molecule has 4 atom stereocenters. The number of allylic oxidation sites excluding steroid dienone is 2. The molecule has 200 valence electrons. The van der Waals surface area contributed by atoms with Crippen molar-refractivity contribution in [3.05, 3.63) is 41.5 Å². The number of carbonyl (C=O) groups is 1. The fraction of sp³-hybridized carbons (Fsp3) is 0.719. The van der Waals surface area contributed by atoms with E-state index in [0.717, 1.165) is 37.0 Å². The summed E-state index contributed by atoms with van der Waals surface area (Å²) in [4.78, 5) is 13.2. The Morgan fingerprint density at radius 1 is 0.972 bits per heavy atom. The molecular weight excluding hydrogens is 454 g/mol. The van der Waals surface area contributed by atoms with Gasteiger partial charge < -0.3 is 4.74 Å². The number of ether oxygens (including phenoxy) is 1. The second-order valence-electron chi connectivity index (χ2n) is 11.9. The van der Waals surface area contributed by atoms with Gasteiger partial charge in [0.05, 0.1) is 5.92 Å². The maximum Gasteiger partial charge on any atom is 0.314 e. The topological polar surface area (TPSA) is 26.3 Å². The molecule has 1 aromatic carbocycles. The van der Waals surface area contributed by atoms with Crippen LogP contribution in [0.1, 0.15) is 109 Å². The van der Waals surface area contributed by atoms with Crippen molar-refractivity contribution in [2.75, 3.05) is 0 Å². The number of halogens is 2. The average Bonchev–Trinajstić information content (AvgIpc) is 2.88. The van der Waals surface area contributed by atoms with Gasteiger partial charge in [0, 0.05) is 17.7 Å². The number of benzene rings is 1. The van der Waals surface area contributed by atoms with Gasteiger partial charge in [-0.05, 0) is 87.9 Å². The van der Waals surface area contributed by atoms with Crippen LogP contribution >= 0.6 is 0 Å². The molecule has 0 saturated heterocycles. The van der Waals surface area contributed by atoms with Gasteiger partial charge >= 0.3 is 5.97 Å². The minimum Gasteiger partial charge on any atom is -0.426 e. The Hall–Kier alpha value is -1.71. The zero-order valence-electron chi connectivity index (χ0n) is 22.5. The van der Waals surface area contributed by atoms with Gasteiger partial charge in [-0.3, -0.25) is 4.79 Å². The summed E-state index contributed by atoms with van der Waals surface area (Å²) in [6.07, 6.45) is 21.0. The van der Waals surface area contributed by atoms with Crippen molar-refractivity contribution in [3.8, 4) is 5.75 Å². The Morgan fingerprint density at radius 3 is 2.39 bits per heavy atom. The zero-order chi connectivity index (χ0) is 25.5. The minimum atomic E-state index is -0.631. The van der Waals surface area contributed by atoms with Crippen molar-refractivity contribution in [2.45, 2.75) is 110 Å². The van der Waals surface area contributed by atoms with E-state index in [-0.39, 0.29) is 23.2 Å². The average molecular weight is 501 g/mol. The quantitative estimate of drug-likeness (QED) is 0.192. The molecule has 0 N–H and O–H groups in total. The van der Waals surface area contributed by atoms with Crippen molar-refractivity contribution in [3.63, 3.8) is 0 Å². The van der Waals surface area contributed by atoms with Gasteiger partial charge in [-0.2, -0.15) is 0 Å². The first-order valence-corrected chi connectivity index (χ1v) is 14.8. The van der Waals surface area contributed by atoms with Crippen LogP contribution in [0.15, 0.2) is 24.3 Å². The second-order valence-corrected chi connectivity index (χ2v) is 11.9. The highest BCUT2D eigenvalue weighted by Gasteiger charge is 2.43. The predicted octanol–water partition coefficient (Wildman–Crippen LogP) is 9.21. The molecule has 3 aliphatic carbocycles. The summed E-state index contributed by atoms with van der Waals surface area (Å²) in [6, 6.07) is 2.36. The molecule has 3 saturated carbocycles. The highest BCUT2D eigenvalue weighted by molar-refractivity contribution is 5.75. The lowest BCUT2D eigenvalue weighted by Gasteiger charge is -2.46. The zero-order valence-corrected chi connectivity index (χ0v) is 22.5. The summed E-state index contributed by atoms with van der Waals surface area (Å²) in [7, 11) is 0. The third kappa shape index (κ3) is 6.78. The van der Waals surface area contributed by atoms with Crippen LogP contribution in [0.3, 0.4) is 0 Å². The second kappa shape index (κ2) is 13.2. The Bertz CT molecular complexity index is 863. The van der Waals surface area contributed by atoms with Crippen LogP contribution in [0, 0.1) is 47.1 Å². The van der Waals surface area contributed by atoms with Crippen molar-refractivity contribution in [2.24, 2.45) is 35.5 Å². The van der Waals surface area contributed by atoms with Gasteiger partial charge in [0.25, 0.3) is 0 Å². The molecule has 0 bridgehead atoms. The fourth-order valence-corrected chi connectivity index (χ4v) is 7.63. The summed E-state index contributed by atoms with van der Waals surface area (Å²) in [5.41, 5.74) is 0.0587. The first-order chi connectivity index (χ1) is 17.5. The Morgan fingerprint density at radius 2 is 1.69 bits per heavy atom. The van der Waals surface area contributed by atoms with Gasteiger partial charge in [-0.1, -0.05) is 64.0 Å². The van der Waals surface area contributed by atoms with Crippen LogP contribution in [0.2, 0.25) is 0 Å². The number of carbonyl (C=O) groups excluding carboxylic acids is 1. The van der Waals surface area contributed by atoms with Crippen LogP contribution in [-0.4, -0.2) is 5.97 Å². The van der Waals surface area contributed by atoms with Gasteiger partial charge in [0.1, 0.15) is 17.4 Å². The normalized spacial score (nSPS) is 30.8. The van der Waals surface area contributed by atoms with Crippen LogP contribution in [0.5, 0.6) is 5.75 Å². The lowest BCUT2D eigenvalue weighted by molar-refractivity contribution is -0.144. The monoisotopic (exact) mass is 500 g/mol. The molecule has 2 nitrogen and oxygen atoms in total. The summed E-state index contributed by atoms with van der Waals surface area (Å²) in [5, 5.41) is 0. The number of esters is 1. The summed E-state index contributed by atoms with van der Waals surface area (Å²) in [6.45, 7) is 4.17. The van der Waals surface area contributed by atoms with E-state index in [1.807, 2.05) is 19.1 Å². The number of hydrogen-bond acceptors (Lipinski definition) is 2. The van der Waals surface area contributed by atoms with E-state index in [1.165, 1.54) is 76.3 Å². The number of rotatable bonds is 9. The first-order valence-electron chi connectivity index (χ1n) is 14.8. The van der Waals surface area contributed by atoms with Crippen LogP contribution in [0.4, 0.5) is 8.78 Å². The van der Waals surface area contributed by atoms with Crippen molar-refractivity contribution < 1.29 is 18.3 Å². The molecule has 1 aromatic rings. The minimum absolute atomic E-state index is 0.000394. The molecule has 0 aromatic heterocycles. The molecule has 0 spiro atoms. The molecule has 0 aliphatic heterocycles. The van der Waals surface area contributed by atoms with E-state index in [4.69, 9.17) is 4.74 Å². The Labute approximate surface area is 217 Å². The maximum atomic E-state index is 14.5. The van der Waals surface area contributed by atoms with Gasteiger partial charge in [-0.25, -0.2) is 8.78 Å². The Balaban J connectivity index is 1.32. The summed E-state index contributed by atoms with van der Waals surface area (Å²) in [5.74, 6) is 1.88. The third-order valence-electron chi connectivity index (χ3n) is 9.65. The van der Waals surface area contributed by atoms with E-state index >= 15 is 0 Å². The van der Waals surface area contributed by atoms with E-state index < -0.39 is 11.6 Å². The molecule has 0 radical (unpaired) electrons. The lowest BCUT2D eigenvalue weighted by atomic mass is 9.59. The molecule has 0 amide bonds. The summed E-state index contributed by atoms with van der Waals surface area (Å²) >= 11 is 0. The van der Waals surface area contributed by atoms with Crippen LogP contribution in [-0.2, 0) is 11.2 Å². The standard InChI is InChI=1S/C32H46F2O2/c1-3-5-7-11-29-30(33)20-26(21-31(29)34)36-32(35)28-12-8-10-25-19-24(17-18-27(25)28)23-15-13-22(14-16-23)9-6-4-2/h3,5,20-25,27-28H,4,6-19H2,1-2H3/b5-3+. The molecule has 3 aliphatic rings.